The van der Waals surface area contributed by atoms with E-state index in [0.29, 0.717) is 6.04 Å². The first kappa shape index (κ1) is 20.9. The van der Waals surface area contributed by atoms with Crippen LogP contribution in [0.4, 0.5) is 5.13 Å². The Kier molecular flexibility index (Phi) is 6.08. The minimum absolute atomic E-state index is 0.457. The van der Waals surface area contributed by atoms with Crippen molar-refractivity contribution >= 4 is 26.7 Å². The number of aromatic nitrogens is 4. The number of fused-ring (bicyclic) bond motifs is 1. The number of nitrogens with zero attached hydrogens (tertiary/aromatic N) is 4. The zero-order valence-electron chi connectivity index (χ0n) is 18.6. The summed E-state index contributed by atoms with van der Waals surface area (Å²) >= 11 is 1.69. The average Bonchev–Trinajstić information content (AvgIpc) is 3.46. The highest BCUT2D eigenvalue weighted by molar-refractivity contribution is 7.22. The molecule has 0 amide bonds. The molecule has 166 valence electrons. The van der Waals surface area contributed by atoms with Gasteiger partial charge in [-0.3, -0.25) is 9.67 Å². The van der Waals surface area contributed by atoms with E-state index in [1.807, 2.05) is 41.3 Å². The predicted molar refractivity (Wildman–Crippen MR) is 130 cm³/mol. The molecule has 1 aromatic carbocycles. The number of nitrogens with one attached hydrogen (secondary N) is 1. The number of ether oxygens (including phenoxy) is 1. The van der Waals surface area contributed by atoms with E-state index in [4.69, 9.17) is 9.72 Å². The minimum atomic E-state index is 0.457. The molecular weight excluding hydrogens is 418 g/mol. The SMILES string of the molecule is CCn1cc(-c2cc(Oc3ccc4nc(N[C@@H](C)C5CCCCC5)sc4c3)ccn2)cn1. The summed E-state index contributed by atoms with van der Waals surface area (Å²) in [7, 11) is 0. The highest BCUT2D eigenvalue weighted by Crippen LogP contribution is 2.34. The van der Waals surface area contributed by atoms with Gasteiger partial charge in [-0.15, -0.1) is 0 Å². The molecule has 1 fully saturated rings. The average molecular weight is 448 g/mol. The van der Waals surface area contributed by atoms with Crippen LogP contribution in [0.1, 0.15) is 46.0 Å². The summed E-state index contributed by atoms with van der Waals surface area (Å²) in [5.41, 5.74) is 2.84. The zero-order chi connectivity index (χ0) is 21.9. The third-order valence-electron chi connectivity index (χ3n) is 6.29. The summed E-state index contributed by atoms with van der Waals surface area (Å²) in [5, 5.41) is 8.98. The third-order valence-corrected chi connectivity index (χ3v) is 7.24. The van der Waals surface area contributed by atoms with Crippen molar-refractivity contribution in [1.82, 2.24) is 19.7 Å². The van der Waals surface area contributed by atoms with Crippen LogP contribution in [0.2, 0.25) is 0 Å². The second-order valence-electron chi connectivity index (χ2n) is 8.54. The first-order valence-corrected chi connectivity index (χ1v) is 12.3. The summed E-state index contributed by atoms with van der Waals surface area (Å²) in [4.78, 5) is 9.26. The Hall–Kier alpha value is -2.93. The Morgan fingerprint density at radius 3 is 2.81 bits per heavy atom. The van der Waals surface area contributed by atoms with Crippen molar-refractivity contribution in [3.05, 3.63) is 48.9 Å². The summed E-state index contributed by atoms with van der Waals surface area (Å²) in [6, 6.07) is 10.4. The number of aryl methyl sites for hydroxylation is 1. The second kappa shape index (κ2) is 9.28. The van der Waals surface area contributed by atoms with Gasteiger partial charge < -0.3 is 10.1 Å². The molecule has 1 aliphatic rings. The van der Waals surface area contributed by atoms with E-state index in [1.165, 1.54) is 32.1 Å². The minimum Gasteiger partial charge on any atom is -0.457 e. The number of anilines is 1. The van der Waals surface area contributed by atoms with Crippen LogP contribution in [0, 0.1) is 5.92 Å². The Morgan fingerprint density at radius 1 is 1.16 bits per heavy atom. The fraction of sp³-hybridized carbons (Fsp3) is 0.400. The summed E-state index contributed by atoms with van der Waals surface area (Å²) in [5.74, 6) is 2.31. The van der Waals surface area contributed by atoms with Gasteiger partial charge in [-0.2, -0.15) is 5.10 Å². The standard InChI is InChI=1S/C25H29N5OS/c1-3-30-16-19(15-27-30)23-13-21(11-12-26-23)31-20-9-10-22-24(14-20)32-25(29-22)28-17(2)18-7-5-4-6-8-18/h9-18H,3-8H2,1-2H3,(H,28,29)/t17-/m0/s1. The molecule has 6 nitrogen and oxygen atoms in total. The van der Waals surface area contributed by atoms with Crippen molar-refractivity contribution in [2.45, 2.75) is 58.5 Å². The second-order valence-corrected chi connectivity index (χ2v) is 9.57. The van der Waals surface area contributed by atoms with Crippen molar-refractivity contribution in [3.63, 3.8) is 0 Å². The van der Waals surface area contributed by atoms with Crippen LogP contribution in [0.5, 0.6) is 11.5 Å². The largest absolute Gasteiger partial charge is 0.457 e. The quantitative estimate of drug-likeness (QED) is 0.339. The molecule has 5 rings (SSSR count). The van der Waals surface area contributed by atoms with Crippen molar-refractivity contribution in [2.24, 2.45) is 5.92 Å². The predicted octanol–water partition coefficient (Wildman–Crippen LogP) is 6.75. The van der Waals surface area contributed by atoms with Gasteiger partial charge >= 0.3 is 0 Å². The van der Waals surface area contributed by atoms with E-state index >= 15 is 0 Å². The monoisotopic (exact) mass is 447 g/mol. The van der Waals surface area contributed by atoms with Crippen LogP contribution >= 0.6 is 11.3 Å². The van der Waals surface area contributed by atoms with Gasteiger partial charge in [-0.05, 0) is 50.8 Å². The highest BCUT2D eigenvalue weighted by Gasteiger charge is 2.21. The van der Waals surface area contributed by atoms with Crippen molar-refractivity contribution < 1.29 is 4.74 Å². The maximum Gasteiger partial charge on any atom is 0.184 e. The molecule has 32 heavy (non-hydrogen) atoms. The molecule has 0 aliphatic heterocycles. The van der Waals surface area contributed by atoms with Crippen molar-refractivity contribution in [3.8, 4) is 22.8 Å². The van der Waals surface area contributed by atoms with Gasteiger partial charge in [0.25, 0.3) is 0 Å². The maximum atomic E-state index is 6.16. The fourth-order valence-corrected chi connectivity index (χ4v) is 5.40. The number of hydrogen-bond acceptors (Lipinski definition) is 6. The van der Waals surface area contributed by atoms with Gasteiger partial charge in [0.05, 0.1) is 22.1 Å². The van der Waals surface area contributed by atoms with Gasteiger partial charge in [0, 0.05) is 42.7 Å². The Morgan fingerprint density at radius 2 is 2.00 bits per heavy atom. The summed E-state index contributed by atoms with van der Waals surface area (Å²) < 4.78 is 9.17. The van der Waals surface area contributed by atoms with E-state index in [9.17, 15) is 0 Å². The number of benzene rings is 1. The first-order valence-electron chi connectivity index (χ1n) is 11.5. The van der Waals surface area contributed by atoms with Gasteiger partial charge in [0.15, 0.2) is 5.13 Å². The van der Waals surface area contributed by atoms with Crippen LogP contribution in [0.15, 0.2) is 48.9 Å². The van der Waals surface area contributed by atoms with Gasteiger partial charge in [-0.1, -0.05) is 30.6 Å². The van der Waals surface area contributed by atoms with Crippen LogP contribution < -0.4 is 10.1 Å². The van der Waals surface area contributed by atoms with E-state index < -0.39 is 0 Å². The molecule has 7 heteroatoms. The number of rotatable bonds is 7. The molecule has 1 N–H and O–H groups in total. The van der Waals surface area contributed by atoms with Crippen LogP contribution in [-0.2, 0) is 6.54 Å². The van der Waals surface area contributed by atoms with Crippen molar-refractivity contribution in [2.75, 3.05) is 5.32 Å². The zero-order valence-corrected chi connectivity index (χ0v) is 19.4. The Bertz CT molecular complexity index is 1190. The van der Waals surface area contributed by atoms with E-state index in [-0.39, 0.29) is 0 Å². The molecule has 3 heterocycles. The smallest absolute Gasteiger partial charge is 0.184 e. The molecule has 0 saturated heterocycles. The van der Waals surface area contributed by atoms with Crippen LogP contribution in [-0.4, -0.2) is 25.8 Å². The molecule has 1 atom stereocenters. The molecule has 3 aromatic heterocycles. The van der Waals surface area contributed by atoms with Crippen molar-refractivity contribution in [1.29, 1.82) is 0 Å². The summed E-state index contributed by atoms with van der Waals surface area (Å²) in [6.45, 7) is 5.19. The van der Waals surface area contributed by atoms with E-state index in [2.05, 4.69) is 35.3 Å². The Labute approximate surface area is 192 Å². The lowest BCUT2D eigenvalue weighted by molar-refractivity contribution is 0.328. The lowest BCUT2D eigenvalue weighted by Gasteiger charge is -2.28. The first-order chi connectivity index (χ1) is 15.7. The van der Waals surface area contributed by atoms with E-state index in [1.54, 1.807) is 17.5 Å². The number of thiazole rings is 1. The summed E-state index contributed by atoms with van der Waals surface area (Å²) in [6.07, 6.45) is 12.3. The normalized spacial score (nSPS) is 15.7. The highest BCUT2D eigenvalue weighted by atomic mass is 32.1. The molecular formula is C25H29N5OS. The Balaban J connectivity index is 1.30. The van der Waals surface area contributed by atoms with Crippen LogP contribution in [0.3, 0.4) is 0 Å². The van der Waals surface area contributed by atoms with Gasteiger partial charge in [-0.25, -0.2) is 4.98 Å². The topological polar surface area (TPSA) is 64.9 Å². The molecule has 1 saturated carbocycles. The van der Waals surface area contributed by atoms with Gasteiger partial charge in [0.2, 0.25) is 0 Å². The lowest BCUT2D eigenvalue weighted by atomic mass is 9.85. The fourth-order valence-electron chi connectivity index (χ4n) is 4.41. The third kappa shape index (κ3) is 4.63. The molecule has 0 unspecified atom stereocenters. The lowest BCUT2D eigenvalue weighted by Crippen LogP contribution is -2.27. The molecule has 0 spiro atoms. The van der Waals surface area contributed by atoms with Crippen LogP contribution in [0.25, 0.3) is 21.5 Å². The maximum absolute atomic E-state index is 6.16. The van der Waals surface area contributed by atoms with E-state index in [0.717, 1.165) is 50.6 Å². The molecule has 0 bridgehead atoms. The molecule has 0 radical (unpaired) electrons. The molecule has 1 aliphatic carbocycles. The number of hydrogen-bond donors (Lipinski definition) is 1. The molecule has 4 aromatic rings. The number of pyridine rings is 1. The van der Waals surface area contributed by atoms with Gasteiger partial charge in [0.1, 0.15) is 11.5 Å².